The van der Waals surface area contributed by atoms with Crippen LogP contribution in [0.15, 0.2) is 0 Å². The number of hydrogen-bond acceptors (Lipinski definition) is 4. The third-order valence-electron chi connectivity index (χ3n) is 2.72. The van der Waals surface area contributed by atoms with Gasteiger partial charge in [0.15, 0.2) is 0 Å². The van der Waals surface area contributed by atoms with E-state index in [0.717, 1.165) is 0 Å². The van der Waals surface area contributed by atoms with Gasteiger partial charge in [0.25, 0.3) is 0 Å². The van der Waals surface area contributed by atoms with Crippen molar-refractivity contribution in [2.75, 3.05) is 12.3 Å². The van der Waals surface area contributed by atoms with Gasteiger partial charge in [-0.25, -0.2) is 0 Å². The van der Waals surface area contributed by atoms with Gasteiger partial charge < -0.3 is 20.8 Å². The van der Waals surface area contributed by atoms with Crippen LogP contribution in [0.2, 0.25) is 0 Å². The molecule has 0 aromatic carbocycles. The minimum atomic E-state index is -3.68. The summed E-state index contributed by atoms with van der Waals surface area (Å²) < 4.78 is 11.9. The Bertz CT molecular complexity index is 370. The molecule has 8 heteroatoms. The molecule has 0 aromatic rings. The van der Waals surface area contributed by atoms with Gasteiger partial charge in [0, 0.05) is 12.3 Å². The maximum atomic E-state index is 11.9. The standard InChI is InChI=1S/C11H22NO6P/c1-7(2)5-8(10(13)14)6-19(17,18)4-3-9(12)11(15)16/h7-9H,3-6,12H2,1-2H3,(H,13,14)(H,15,16)(H,17,18)/t8-,9-/m0/s1. The first-order valence-corrected chi connectivity index (χ1v) is 8.10. The molecule has 0 saturated heterocycles. The highest BCUT2D eigenvalue weighted by atomic mass is 31.2. The van der Waals surface area contributed by atoms with Gasteiger partial charge in [0.1, 0.15) is 6.04 Å². The summed E-state index contributed by atoms with van der Waals surface area (Å²) in [6, 6.07) is -1.20. The number of carboxylic acids is 2. The number of hydrogen-bond donors (Lipinski definition) is 4. The first-order valence-electron chi connectivity index (χ1n) is 6.07. The van der Waals surface area contributed by atoms with Gasteiger partial charge >= 0.3 is 11.9 Å². The minimum absolute atomic E-state index is 0.0994. The quantitative estimate of drug-likeness (QED) is 0.461. The minimum Gasteiger partial charge on any atom is -0.481 e. The fourth-order valence-electron chi connectivity index (χ4n) is 1.72. The Hall–Kier alpha value is -0.910. The first kappa shape index (κ1) is 18.1. The van der Waals surface area contributed by atoms with E-state index in [9.17, 15) is 19.0 Å². The number of rotatable bonds is 9. The Balaban J connectivity index is 4.51. The van der Waals surface area contributed by atoms with Crippen molar-refractivity contribution in [1.29, 1.82) is 0 Å². The van der Waals surface area contributed by atoms with E-state index in [4.69, 9.17) is 15.9 Å². The summed E-state index contributed by atoms with van der Waals surface area (Å²) in [6.45, 7) is 3.66. The molecule has 0 radical (unpaired) electrons. The van der Waals surface area contributed by atoms with Crippen LogP contribution >= 0.6 is 7.37 Å². The molecule has 0 aromatic heterocycles. The van der Waals surface area contributed by atoms with E-state index in [1.165, 1.54) is 0 Å². The molecule has 7 nitrogen and oxygen atoms in total. The maximum absolute atomic E-state index is 11.9. The van der Waals surface area contributed by atoms with E-state index in [1.807, 2.05) is 13.8 Å². The second-order valence-corrected chi connectivity index (χ2v) is 7.66. The molecule has 19 heavy (non-hydrogen) atoms. The topological polar surface area (TPSA) is 138 Å². The van der Waals surface area contributed by atoms with Crippen LogP contribution in [0, 0.1) is 11.8 Å². The molecular formula is C11H22NO6P. The van der Waals surface area contributed by atoms with E-state index < -0.39 is 31.3 Å². The van der Waals surface area contributed by atoms with Crippen LogP contribution in [-0.2, 0) is 14.2 Å². The fourth-order valence-corrected chi connectivity index (χ4v) is 3.58. The predicted octanol–water partition coefficient (Wildman–Crippen LogP) is 0.806. The summed E-state index contributed by atoms with van der Waals surface area (Å²) in [5.41, 5.74) is 5.25. The van der Waals surface area contributed by atoms with Crippen LogP contribution in [0.4, 0.5) is 0 Å². The third kappa shape index (κ3) is 7.97. The molecule has 0 rings (SSSR count). The second kappa shape index (κ2) is 7.62. The summed E-state index contributed by atoms with van der Waals surface area (Å²) in [6.07, 6.45) is -0.447. The van der Waals surface area contributed by atoms with Gasteiger partial charge in [-0.05, 0) is 18.8 Å². The molecule has 0 bridgehead atoms. The van der Waals surface area contributed by atoms with Crippen molar-refractivity contribution < 1.29 is 29.3 Å². The Morgan fingerprint density at radius 1 is 1.21 bits per heavy atom. The lowest BCUT2D eigenvalue weighted by molar-refractivity contribution is -0.141. The zero-order valence-corrected chi connectivity index (χ0v) is 12.0. The number of carbonyl (C=O) groups is 2. The van der Waals surface area contributed by atoms with E-state index in [2.05, 4.69) is 0 Å². The Morgan fingerprint density at radius 2 is 1.74 bits per heavy atom. The van der Waals surface area contributed by atoms with Gasteiger partial charge in [-0.3, -0.25) is 14.2 Å². The van der Waals surface area contributed by atoms with Crippen LogP contribution in [-0.4, -0.2) is 45.4 Å². The molecule has 0 amide bonds. The van der Waals surface area contributed by atoms with Crippen LogP contribution in [0.25, 0.3) is 0 Å². The van der Waals surface area contributed by atoms with E-state index in [-0.39, 0.29) is 24.7 Å². The van der Waals surface area contributed by atoms with Gasteiger partial charge in [-0.1, -0.05) is 13.8 Å². The lowest BCUT2D eigenvalue weighted by atomic mass is 9.99. The summed E-state index contributed by atoms with van der Waals surface area (Å²) in [4.78, 5) is 31.2. The molecular weight excluding hydrogens is 273 g/mol. The third-order valence-corrected chi connectivity index (χ3v) is 4.69. The molecule has 0 saturated carbocycles. The van der Waals surface area contributed by atoms with Crippen molar-refractivity contribution in [3.8, 4) is 0 Å². The van der Waals surface area contributed by atoms with Crippen molar-refractivity contribution in [2.24, 2.45) is 17.6 Å². The zero-order chi connectivity index (χ0) is 15.2. The number of nitrogens with two attached hydrogens (primary N) is 1. The van der Waals surface area contributed by atoms with Gasteiger partial charge in [0.2, 0.25) is 7.37 Å². The van der Waals surface area contributed by atoms with Gasteiger partial charge in [-0.2, -0.15) is 0 Å². The Morgan fingerprint density at radius 3 is 2.11 bits per heavy atom. The number of carboxylic acid groups (broad SMARTS) is 2. The van der Waals surface area contributed by atoms with Crippen molar-refractivity contribution in [3.63, 3.8) is 0 Å². The van der Waals surface area contributed by atoms with Crippen LogP contribution in [0.1, 0.15) is 26.7 Å². The molecule has 112 valence electrons. The van der Waals surface area contributed by atoms with E-state index in [0.29, 0.717) is 6.42 Å². The Kier molecular flexibility index (Phi) is 7.26. The maximum Gasteiger partial charge on any atom is 0.320 e. The largest absolute Gasteiger partial charge is 0.481 e. The summed E-state index contributed by atoms with van der Waals surface area (Å²) in [7, 11) is -3.68. The van der Waals surface area contributed by atoms with E-state index >= 15 is 0 Å². The van der Waals surface area contributed by atoms with Crippen LogP contribution in [0.5, 0.6) is 0 Å². The summed E-state index contributed by atoms with van der Waals surface area (Å²) in [5, 5.41) is 17.6. The smallest absolute Gasteiger partial charge is 0.320 e. The first-order chi connectivity index (χ1) is 8.55. The average molecular weight is 295 g/mol. The van der Waals surface area contributed by atoms with Gasteiger partial charge in [0.05, 0.1) is 5.92 Å². The molecule has 0 fully saturated rings. The SMILES string of the molecule is CC(C)C[C@@H](CP(=O)(O)CC[C@H](N)C(=O)O)C(=O)O. The van der Waals surface area contributed by atoms with Crippen molar-refractivity contribution in [1.82, 2.24) is 0 Å². The molecule has 0 spiro atoms. The van der Waals surface area contributed by atoms with Crippen molar-refractivity contribution >= 4 is 19.3 Å². The molecule has 0 aliphatic carbocycles. The molecule has 0 aliphatic rings. The number of aliphatic carboxylic acids is 2. The average Bonchev–Trinajstić information content (AvgIpc) is 2.23. The summed E-state index contributed by atoms with van der Waals surface area (Å²) >= 11 is 0. The monoisotopic (exact) mass is 295 g/mol. The predicted molar refractivity (Wildman–Crippen MR) is 70.4 cm³/mol. The molecule has 0 heterocycles. The molecule has 1 unspecified atom stereocenters. The highest BCUT2D eigenvalue weighted by Crippen LogP contribution is 2.44. The summed E-state index contributed by atoms with van der Waals surface area (Å²) in [5.74, 6) is -3.14. The lowest BCUT2D eigenvalue weighted by Crippen LogP contribution is -2.31. The van der Waals surface area contributed by atoms with Crippen LogP contribution in [0.3, 0.4) is 0 Å². The van der Waals surface area contributed by atoms with E-state index in [1.54, 1.807) is 0 Å². The zero-order valence-electron chi connectivity index (χ0n) is 11.2. The highest BCUT2D eigenvalue weighted by molar-refractivity contribution is 7.58. The normalized spacial score (nSPS) is 17.7. The van der Waals surface area contributed by atoms with Crippen LogP contribution < -0.4 is 5.73 Å². The molecule has 3 atom stereocenters. The second-order valence-electron chi connectivity index (χ2n) is 5.15. The lowest BCUT2D eigenvalue weighted by Gasteiger charge is -2.19. The Labute approximate surface area is 112 Å². The van der Waals surface area contributed by atoms with Gasteiger partial charge in [-0.15, -0.1) is 0 Å². The molecule has 5 N–H and O–H groups in total. The van der Waals surface area contributed by atoms with Crippen molar-refractivity contribution in [2.45, 2.75) is 32.7 Å². The van der Waals surface area contributed by atoms with Crippen molar-refractivity contribution in [3.05, 3.63) is 0 Å². The fraction of sp³-hybridized carbons (Fsp3) is 0.818. The highest BCUT2D eigenvalue weighted by Gasteiger charge is 2.30. The molecule has 0 aliphatic heterocycles.